The zero-order chi connectivity index (χ0) is 18.8. The minimum atomic E-state index is -0.424. The third-order valence-electron chi connectivity index (χ3n) is 4.47. The average Bonchev–Trinajstić information content (AvgIpc) is 2.58. The fraction of sp³-hybridized carbons (Fsp3) is 0.900. The van der Waals surface area contributed by atoms with E-state index < -0.39 is 6.04 Å². The van der Waals surface area contributed by atoms with Gasteiger partial charge in [-0.05, 0) is 32.2 Å². The topological polar surface area (TPSA) is 84.2 Å². The Bertz CT molecular complexity index is 335. The number of carbonyl (C=O) groups excluding carboxylic acids is 2. The van der Waals surface area contributed by atoms with Gasteiger partial charge in [-0.3, -0.25) is 9.59 Å². The molecule has 0 aromatic heterocycles. The monoisotopic (exact) mass is 355 g/mol. The maximum atomic E-state index is 12.2. The zero-order valence-electron chi connectivity index (χ0n) is 16.6. The molecule has 0 radical (unpaired) electrons. The van der Waals surface area contributed by atoms with Crippen LogP contribution in [0.5, 0.6) is 0 Å². The first-order chi connectivity index (χ1) is 12.1. The summed E-state index contributed by atoms with van der Waals surface area (Å²) in [5.74, 6) is -0.227. The van der Waals surface area contributed by atoms with Gasteiger partial charge in [0.25, 0.3) is 0 Å². The lowest BCUT2D eigenvalue weighted by atomic mass is 10.1. The second-order valence-electron chi connectivity index (χ2n) is 7.01. The molecule has 0 aromatic rings. The molecule has 0 rings (SSSR count). The van der Waals surface area contributed by atoms with Crippen LogP contribution in [0, 0.1) is 0 Å². The molecular weight excluding hydrogens is 314 g/mol. The quantitative estimate of drug-likeness (QED) is 0.348. The number of nitrogens with two attached hydrogens (primary N) is 1. The molecular formula is C20H41N3O2. The van der Waals surface area contributed by atoms with Crippen LogP contribution in [0.15, 0.2) is 0 Å². The van der Waals surface area contributed by atoms with Gasteiger partial charge in [0.05, 0.1) is 0 Å². The third-order valence-corrected chi connectivity index (χ3v) is 4.47. The second-order valence-corrected chi connectivity index (χ2v) is 7.01. The summed E-state index contributed by atoms with van der Waals surface area (Å²) in [5.41, 5.74) is 5.48. The van der Waals surface area contributed by atoms with Gasteiger partial charge in [0.15, 0.2) is 0 Å². The highest BCUT2D eigenvalue weighted by Gasteiger charge is 2.18. The van der Waals surface area contributed by atoms with E-state index in [0.717, 1.165) is 25.7 Å². The number of hydrogen-bond donors (Lipinski definition) is 3. The first kappa shape index (κ1) is 23.9. The number of unbranched alkanes of at least 4 members (excludes halogenated alkanes) is 10. The molecule has 0 aliphatic heterocycles. The van der Waals surface area contributed by atoms with E-state index in [-0.39, 0.29) is 11.8 Å². The van der Waals surface area contributed by atoms with Crippen LogP contribution in [0.2, 0.25) is 0 Å². The molecule has 25 heavy (non-hydrogen) atoms. The summed E-state index contributed by atoms with van der Waals surface area (Å²) >= 11 is 0. The predicted molar refractivity (Wildman–Crippen MR) is 105 cm³/mol. The van der Waals surface area contributed by atoms with Gasteiger partial charge in [0, 0.05) is 13.5 Å². The first-order valence-electron chi connectivity index (χ1n) is 10.4. The lowest BCUT2D eigenvalue weighted by Gasteiger charge is -2.17. The van der Waals surface area contributed by atoms with Crippen molar-refractivity contribution in [2.45, 2.75) is 103 Å². The van der Waals surface area contributed by atoms with Crippen LogP contribution >= 0.6 is 0 Å². The molecule has 0 aromatic carbocycles. The smallest absolute Gasteiger partial charge is 0.242 e. The van der Waals surface area contributed by atoms with Crippen molar-refractivity contribution in [2.24, 2.45) is 5.73 Å². The van der Waals surface area contributed by atoms with E-state index in [0.29, 0.717) is 19.5 Å². The maximum Gasteiger partial charge on any atom is 0.242 e. The molecule has 0 heterocycles. The van der Waals surface area contributed by atoms with Crippen molar-refractivity contribution >= 4 is 11.8 Å². The standard InChI is InChI=1S/C20H41N3O2/c1-3-4-5-6-7-8-9-10-11-14-17-22-20(25)19(23-18(2)24)15-12-13-16-21/h19H,3-17,21H2,1-2H3,(H,22,25)(H,23,24)/t19-/m0/s1. The molecule has 0 aliphatic carbocycles. The SMILES string of the molecule is CCCCCCCCCCCCNC(=O)[C@H](CCCCN)NC(C)=O. The number of rotatable bonds is 17. The molecule has 0 saturated carbocycles. The van der Waals surface area contributed by atoms with Crippen LogP contribution in [-0.2, 0) is 9.59 Å². The lowest BCUT2D eigenvalue weighted by molar-refractivity contribution is -0.128. The van der Waals surface area contributed by atoms with E-state index in [1.165, 1.54) is 58.3 Å². The van der Waals surface area contributed by atoms with Crippen molar-refractivity contribution in [3.63, 3.8) is 0 Å². The summed E-state index contributed by atoms with van der Waals surface area (Å²) in [4.78, 5) is 23.4. The summed E-state index contributed by atoms with van der Waals surface area (Å²) in [6, 6.07) is -0.424. The average molecular weight is 356 g/mol. The Balaban J connectivity index is 3.65. The number of nitrogens with one attached hydrogen (secondary N) is 2. The summed E-state index contributed by atoms with van der Waals surface area (Å²) < 4.78 is 0. The predicted octanol–water partition coefficient (Wildman–Crippen LogP) is 3.66. The highest BCUT2D eigenvalue weighted by Crippen LogP contribution is 2.10. The van der Waals surface area contributed by atoms with Gasteiger partial charge in [-0.15, -0.1) is 0 Å². The molecule has 148 valence electrons. The van der Waals surface area contributed by atoms with Crippen molar-refractivity contribution in [1.82, 2.24) is 10.6 Å². The largest absolute Gasteiger partial charge is 0.354 e. The first-order valence-corrected chi connectivity index (χ1v) is 10.4. The van der Waals surface area contributed by atoms with Crippen LogP contribution in [0.1, 0.15) is 97.3 Å². The minimum absolute atomic E-state index is 0.0665. The third kappa shape index (κ3) is 16.1. The van der Waals surface area contributed by atoms with Gasteiger partial charge in [-0.25, -0.2) is 0 Å². The van der Waals surface area contributed by atoms with E-state index in [2.05, 4.69) is 17.6 Å². The molecule has 0 bridgehead atoms. The van der Waals surface area contributed by atoms with Gasteiger partial charge in [0.2, 0.25) is 11.8 Å². The Morgan fingerprint density at radius 3 is 1.92 bits per heavy atom. The van der Waals surface area contributed by atoms with Crippen molar-refractivity contribution in [2.75, 3.05) is 13.1 Å². The molecule has 5 nitrogen and oxygen atoms in total. The Morgan fingerprint density at radius 2 is 1.40 bits per heavy atom. The van der Waals surface area contributed by atoms with Crippen LogP contribution < -0.4 is 16.4 Å². The lowest BCUT2D eigenvalue weighted by Crippen LogP contribution is -2.46. The van der Waals surface area contributed by atoms with Crippen LogP contribution in [0.25, 0.3) is 0 Å². The van der Waals surface area contributed by atoms with Crippen molar-refractivity contribution < 1.29 is 9.59 Å². The fourth-order valence-electron chi connectivity index (χ4n) is 2.95. The van der Waals surface area contributed by atoms with E-state index >= 15 is 0 Å². The molecule has 4 N–H and O–H groups in total. The Labute approximate surface area is 154 Å². The van der Waals surface area contributed by atoms with Crippen molar-refractivity contribution in [3.05, 3.63) is 0 Å². The van der Waals surface area contributed by atoms with Crippen molar-refractivity contribution in [1.29, 1.82) is 0 Å². The molecule has 0 saturated heterocycles. The summed E-state index contributed by atoms with van der Waals surface area (Å²) in [7, 11) is 0. The van der Waals surface area contributed by atoms with Gasteiger partial charge in [0.1, 0.15) is 6.04 Å². The van der Waals surface area contributed by atoms with Gasteiger partial charge >= 0.3 is 0 Å². The minimum Gasteiger partial charge on any atom is -0.354 e. The van der Waals surface area contributed by atoms with E-state index in [1.54, 1.807) is 0 Å². The summed E-state index contributed by atoms with van der Waals surface area (Å²) in [6.07, 6.45) is 15.2. The molecule has 0 aliphatic rings. The van der Waals surface area contributed by atoms with E-state index in [1.807, 2.05) is 0 Å². The van der Waals surface area contributed by atoms with Crippen LogP contribution in [0.3, 0.4) is 0 Å². The molecule has 1 atom stereocenters. The Kier molecular flexibility index (Phi) is 16.9. The zero-order valence-corrected chi connectivity index (χ0v) is 16.6. The highest BCUT2D eigenvalue weighted by molar-refractivity contribution is 5.86. The molecule has 0 fully saturated rings. The Hall–Kier alpha value is -1.10. The van der Waals surface area contributed by atoms with E-state index in [4.69, 9.17) is 5.73 Å². The van der Waals surface area contributed by atoms with Crippen LogP contribution in [0.4, 0.5) is 0 Å². The van der Waals surface area contributed by atoms with Gasteiger partial charge in [-0.1, -0.05) is 64.7 Å². The number of carbonyl (C=O) groups is 2. The van der Waals surface area contributed by atoms with Crippen LogP contribution in [-0.4, -0.2) is 30.9 Å². The van der Waals surface area contributed by atoms with Gasteiger partial charge in [-0.2, -0.15) is 0 Å². The highest BCUT2D eigenvalue weighted by atomic mass is 16.2. The van der Waals surface area contributed by atoms with E-state index in [9.17, 15) is 9.59 Å². The number of amides is 2. The fourth-order valence-corrected chi connectivity index (χ4v) is 2.95. The summed E-state index contributed by atoms with van der Waals surface area (Å²) in [6.45, 7) is 5.01. The van der Waals surface area contributed by atoms with Crippen molar-refractivity contribution in [3.8, 4) is 0 Å². The number of hydrogen-bond acceptors (Lipinski definition) is 3. The molecule has 2 amide bonds. The molecule has 0 unspecified atom stereocenters. The summed E-state index contributed by atoms with van der Waals surface area (Å²) in [5, 5.41) is 5.69. The normalized spacial score (nSPS) is 12.0. The molecule has 5 heteroatoms. The molecule has 0 spiro atoms. The van der Waals surface area contributed by atoms with Gasteiger partial charge < -0.3 is 16.4 Å². The maximum absolute atomic E-state index is 12.2. The second kappa shape index (κ2) is 17.7. The Morgan fingerprint density at radius 1 is 0.840 bits per heavy atom.